The molecule has 6 aliphatic heterocycles. The minimum atomic E-state index is -1.88. The predicted molar refractivity (Wildman–Crippen MR) is 414 cm³/mol. The summed E-state index contributed by atoms with van der Waals surface area (Å²) in [6.45, 7) is 13.6. The number of phenols is 1. The molecule has 0 saturated heterocycles. The summed E-state index contributed by atoms with van der Waals surface area (Å²) in [5, 5.41) is 56.4. The van der Waals surface area contributed by atoms with Gasteiger partial charge in [0.2, 0.25) is 6.08 Å². The Bertz CT molecular complexity index is 5650. The number of fused-ring (bicyclic) bond motifs is 15. The van der Waals surface area contributed by atoms with Crippen molar-refractivity contribution in [2.45, 2.75) is 188 Å². The number of phenolic OH excluding ortho intramolecular Hbond substituents is 1. The third-order valence-electron chi connectivity index (χ3n) is 22.2. The van der Waals surface area contributed by atoms with Crippen LogP contribution in [0.4, 0.5) is 14.4 Å². The van der Waals surface area contributed by atoms with E-state index in [-0.39, 0.29) is 89.8 Å². The molecule has 8 N–H and O–H groups in total. The number of aromatic nitrogens is 6. The third-order valence-corrected chi connectivity index (χ3v) is 22.2. The fraction of sp³-hybridized carbons (Fsp3) is 0.410. The number of ether oxygens (including phenoxy) is 5. The van der Waals surface area contributed by atoms with Crippen molar-refractivity contribution in [3.8, 4) is 51.4 Å². The number of aliphatic imine (C=N–C) groups is 1. The molecule has 30 heteroatoms. The summed E-state index contributed by atoms with van der Waals surface area (Å²) >= 11 is 0. The minimum absolute atomic E-state index is 0.0777. The largest absolute Gasteiger partial charge is 0.508 e. The topological polar surface area (TPSA) is 412 Å². The van der Waals surface area contributed by atoms with E-state index in [2.05, 4.69) is 26.3 Å². The second-order valence-corrected chi connectivity index (χ2v) is 28.6. The maximum atomic E-state index is 13.5. The molecule has 0 bridgehead atoms. The number of aliphatic hydroxyl groups is 3. The normalized spacial score (nSPS) is 17.5. The first-order valence-electron chi connectivity index (χ1n) is 38.4. The molecule has 3 atom stereocenters. The quantitative estimate of drug-likeness (QED) is 0.0103. The van der Waals surface area contributed by atoms with E-state index in [9.17, 15) is 68.4 Å². The number of carbonyl (C=O) groups excluding carboxylic acids is 7. The highest BCUT2D eigenvalue weighted by atomic mass is 16.6. The molecule has 0 saturated carbocycles. The number of unbranched alkanes of at least 4 members (excludes halogenated alkanes) is 6. The monoisotopic (exact) mass is 1540 g/mol. The Kier molecular flexibility index (Phi) is 22.9. The van der Waals surface area contributed by atoms with Gasteiger partial charge in [-0.2, -0.15) is 0 Å². The lowest BCUT2D eigenvalue weighted by Crippen LogP contribution is -2.44. The van der Waals surface area contributed by atoms with Gasteiger partial charge >= 0.3 is 36.1 Å². The van der Waals surface area contributed by atoms with Crippen molar-refractivity contribution in [3.05, 3.63) is 171 Å². The zero-order valence-corrected chi connectivity index (χ0v) is 63.9. The maximum absolute atomic E-state index is 13.5. The number of nitrogens with zero attached hydrogens (tertiary/aromatic N) is 7. The molecule has 0 fully saturated rings. The number of rotatable bonds is 22. The highest BCUT2D eigenvalue weighted by Crippen LogP contribution is 2.45. The third kappa shape index (κ3) is 14.7. The van der Waals surface area contributed by atoms with Crippen LogP contribution in [0.25, 0.3) is 66.9 Å². The smallest absolute Gasteiger partial charge is 0.412 e. The van der Waals surface area contributed by atoms with Gasteiger partial charge in [-0.05, 0) is 154 Å². The Hall–Kier alpha value is -12.0. The molecule has 0 radical (unpaired) electrons. The van der Waals surface area contributed by atoms with Gasteiger partial charge in [0.15, 0.2) is 16.8 Å². The zero-order chi connectivity index (χ0) is 80.4. The van der Waals surface area contributed by atoms with Crippen LogP contribution in [0.1, 0.15) is 179 Å². The summed E-state index contributed by atoms with van der Waals surface area (Å²) in [6, 6.07) is 20.4. The van der Waals surface area contributed by atoms with Gasteiger partial charge in [0.25, 0.3) is 16.7 Å². The summed E-state index contributed by atoms with van der Waals surface area (Å²) in [7, 11) is 1.58. The number of hydrogen-bond acceptors (Lipinski definition) is 23. The van der Waals surface area contributed by atoms with Gasteiger partial charge < -0.3 is 79.1 Å². The van der Waals surface area contributed by atoms with Crippen LogP contribution in [0, 0.1) is 0 Å². The number of pyridine rings is 6. The Morgan fingerprint density at radius 1 is 0.478 bits per heavy atom. The number of isocyanates is 1. The average Bonchev–Trinajstić information content (AvgIpc) is 1.58. The van der Waals surface area contributed by atoms with E-state index in [1.807, 2.05) is 20.8 Å². The van der Waals surface area contributed by atoms with Gasteiger partial charge in [-0.15, -0.1) is 0 Å². The second-order valence-electron chi connectivity index (χ2n) is 28.6. The number of esters is 3. The van der Waals surface area contributed by atoms with Crippen molar-refractivity contribution in [1.82, 2.24) is 49.9 Å². The number of cyclic esters (lactones) is 3. The highest BCUT2D eigenvalue weighted by Gasteiger charge is 2.49. The lowest BCUT2D eigenvalue weighted by Gasteiger charge is -2.31. The second kappa shape index (κ2) is 32.8. The number of nitrogens with one attached hydrogen (secondary N) is 4. The summed E-state index contributed by atoms with van der Waals surface area (Å²) < 4.78 is 31.4. The van der Waals surface area contributed by atoms with Crippen molar-refractivity contribution in [2.75, 3.05) is 33.2 Å². The number of aromatic hydroxyl groups is 1. The van der Waals surface area contributed by atoms with Crippen LogP contribution in [-0.2, 0) is 109 Å². The molecule has 4 amide bonds. The fourth-order valence-electron chi connectivity index (χ4n) is 16.0. The van der Waals surface area contributed by atoms with E-state index < -0.39 is 46.9 Å². The van der Waals surface area contributed by atoms with Crippen molar-refractivity contribution >= 4 is 74.9 Å². The van der Waals surface area contributed by atoms with E-state index in [4.69, 9.17) is 38.6 Å². The number of urea groups is 1. The summed E-state index contributed by atoms with van der Waals surface area (Å²) in [6.07, 6.45) is 9.63. The van der Waals surface area contributed by atoms with Crippen LogP contribution in [0.5, 0.6) is 17.2 Å². The number of benzene rings is 3. The Morgan fingerprint density at radius 2 is 0.823 bits per heavy atom. The molecule has 9 aromatic rings. The zero-order valence-electron chi connectivity index (χ0n) is 63.9. The predicted octanol–water partition coefficient (Wildman–Crippen LogP) is 9.19. The fourth-order valence-corrected chi connectivity index (χ4v) is 16.0. The van der Waals surface area contributed by atoms with Gasteiger partial charge in [0.1, 0.15) is 37.1 Å². The minimum Gasteiger partial charge on any atom is -0.508 e. The van der Waals surface area contributed by atoms with Crippen LogP contribution in [0.2, 0.25) is 0 Å². The number of carbonyl (C=O) groups is 6. The molecular formula is C83H89N11O19. The van der Waals surface area contributed by atoms with E-state index >= 15 is 0 Å². The van der Waals surface area contributed by atoms with E-state index in [0.29, 0.717) is 133 Å². The van der Waals surface area contributed by atoms with Crippen molar-refractivity contribution in [1.29, 1.82) is 0 Å². The molecular weight excluding hydrogens is 1450 g/mol. The van der Waals surface area contributed by atoms with E-state index in [1.54, 1.807) is 114 Å². The van der Waals surface area contributed by atoms with Crippen molar-refractivity contribution in [2.24, 2.45) is 4.99 Å². The Balaban J connectivity index is 0.000000151. The van der Waals surface area contributed by atoms with Crippen LogP contribution < -0.4 is 47.4 Å². The maximum Gasteiger partial charge on any atom is 0.412 e. The number of hydrogen-bond donors (Lipinski definition) is 8. The molecule has 590 valence electrons. The van der Waals surface area contributed by atoms with Crippen molar-refractivity contribution < 1.29 is 77.7 Å². The first-order valence-corrected chi connectivity index (χ1v) is 38.4. The van der Waals surface area contributed by atoms with E-state index in [1.165, 1.54) is 6.08 Å². The van der Waals surface area contributed by atoms with Crippen molar-refractivity contribution in [3.63, 3.8) is 0 Å². The average molecular weight is 1540 g/mol. The summed E-state index contributed by atoms with van der Waals surface area (Å²) in [4.78, 5) is 141. The van der Waals surface area contributed by atoms with Gasteiger partial charge in [0.05, 0.1) is 93.6 Å². The van der Waals surface area contributed by atoms with Gasteiger partial charge in [0, 0.05) is 76.2 Å². The van der Waals surface area contributed by atoms with Gasteiger partial charge in [-0.25, -0.2) is 53.5 Å². The molecule has 12 heterocycles. The molecule has 30 nitrogen and oxygen atoms in total. The van der Waals surface area contributed by atoms with Crippen LogP contribution >= 0.6 is 0 Å². The number of aryl methyl sites for hydroxylation is 3. The van der Waals surface area contributed by atoms with Crippen LogP contribution in [0.3, 0.4) is 0 Å². The van der Waals surface area contributed by atoms with Crippen LogP contribution in [0.15, 0.2) is 92.2 Å². The van der Waals surface area contributed by atoms with E-state index in [0.717, 1.165) is 106 Å². The Labute approximate surface area is 647 Å². The molecule has 0 spiro atoms. The first kappa shape index (κ1) is 79.1. The summed E-state index contributed by atoms with van der Waals surface area (Å²) in [5.41, 5.74) is 6.67. The summed E-state index contributed by atoms with van der Waals surface area (Å²) in [5.74, 6) is -1.31. The highest BCUT2D eigenvalue weighted by molar-refractivity contribution is 5.94. The van der Waals surface area contributed by atoms with Crippen LogP contribution in [-0.4, -0.2) is 125 Å². The molecule has 15 rings (SSSR count). The lowest BCUT2D eigenvalue weighted by molar-refractivity contribution is -0.172. The molecule has 0 unspecified atom stereocenters. The standard InChI is InChI=1S/C31H37N5O7.C30H32N4O7.C22H20N2O5/c1-4-19-20-14-18(43-30(40)34-13-9-7-6-8-12-33-29(39)32-3)10-11-24(20)35-26-21(19)16-36-25(26)15-23-22(27(36)37)17-42-28(38)31(23,41)5-2;1-3-19-20-13-18(41-29(38)32-12-8-6-5-7-11-31-17-35)9-10-24(20)33-26-21(19)15-34-25(26)14-23-22(27(34)36)16-40-28(37)30(23,39)4-2;1-3-12-13-7-11(25)5-6-17(13)23-19-14(12)9-24-18(19)8-16-15(20(24)26)10-29-21(27)22(16,28)4-2/h10-11,14-15,41H,4-9,12-13,16-17H2,1-3H3,(H,34,40)(H2,32,33,39);9-10,13-14,39H,3-8,11-12,15-16H2,1-2H3,(H,32,38);5-8,25,28H,3-4,9-10H2,1-2H3/t31-;30-;22-/m111/s1. The molecule has 113 heavy (non-hydrogen) atoms. The number of amides is 4. The molecule has 6 aromatic heterocycles. The van der Waals surface area contributed by atoms with Gasteiger partial charge in [-0.3, -0.25) is 14.4 Å². The lowest BCUT2D eigenvalue weighted by atomic mass is 9.86. The molecule has 0 aliphatic carbocycles. The Morgan fingerprint density at radius 3 is 1.17 bits per heavy atom. The molecule has 6 aliphatic rings. The van der Waals surface area contributed by atoms with Gasteiger partial charge in [-0.1, -0.05) is 67.2 Å². The SMILES string of the molecule is CCc1c2c(nc3ccc(O)cc13)-c1cc3c(c(=O)n1C2)COC(=O)[C@@]3(O)CC.CCc1c2c(nc3ccc(OC(=O)NCCCCCCN=C=O)cc13)-c1cc3c(c(=O)n1C2)COC(=O)[C@@]3(O)CC.CCc1c2c(nc3ccc(OC(=O)NCCCCCCNC(=O)NC)cc13)-c1cc3c(c(=O)n1C2)COC(=O)[C@@]3(O)CC. The molecule has 3 aromatic carbocycles. The first-order chi connectivity index (χ1) is 54.4.